The zero-order valence-corrected chi connectivity index (χ0v) is 12.4. The number of methoxy groups -OCH3 is 1. The fourth-order valence-electron chi connectivity index (χ4n) is 2.89. The molecule has 0 amide bonds. The predicted octanol–water partition coefficient (Wildman–Crippen LogP) is 3.08. The Bertz CT molecular complexity index is 419. The highest BCUT2D eigenvalue weighted by Gasteiger charge is 2.33. The van der Waals surface area contributed by atoms with Crippen molar-refractivity contribution in [3.05, 3.63) is 29.3 Å². The van der Waals surface area contributed by atoms with E-state index in [2.05, 4.69) is 38.2 Å². The van der Waals surface area contributed by atoms with Crippen molar-refractivity contribution in [3.8, 4) is 5.75 Å². The first-order chi connectivity index (χ1) is 9.17. The van der Waals surface area contributed by atoms with Crippen molar-refractivity contribution in [2.45, 2.75) is 39.3 Å². The summed E-state index contributed by atoms with van der Waals surface area (Å²) in [6, 6.07) is 6.56. The van der Waals surface area contributed by atoms with E-state index in [1.165, 1.54) is 11.1 Å². The third-order valence-corrected chi connectivity index (χ3v) is 4.01. The highest BCUT2D eigenvalue weighted by Crippen LogP contribution is 2.33. The van der Waals surface area contributed by atoms with Crippen LogP contribution in [0.15, 0.2) is 18.2 Å². The Balaban J connectivity index is 2.28. The number of aryl methyl sites for hydroxylation is 1. The predicted molar refractivity (Wildman–Crippen MR) is 77.7 cm³/mol. The molecule has 1 N–H and O–H groups in total. The summed E-state index contributed by atoms with van der Waals surface area (Å²) in [6.45, 7) is 8.39. The van der Waals surface area contributed by atoms with Crippen LogP contribution >= 0.6 is 0 Å². The van der Waals surface area contributed by atoms with E-state index >= 15 is 0 Å². The van der Waals surface area contributed by atoms with Crippen LogP contribution in [0.25, 0.3) is 0 Å². The van der Waals surface area contributed by atoms with Gasteiger partial charge in [-0.05, 0) is 49.1 Å². The summed E-state index contributed by atoms with van der Waals surface area (Å²) in [5.41, 5.74) is 2.58. The molecule has 3 heteroatoms. The van der Waals surface area contributed by atoms with Gasteiger partial charge in [-0.15, -0.1) is 0 Å². The molecule has 1 fully saturated rings. The number of rotatable bonds is 5. The summed E-state index contributed by atoms with van der Waals surface area (Å²) in [5, 5.41) is 3.58. The maximum absolute atomic E-state index is 5.95. The molecule has 2 rings (SSSR count). The average Bonchev–Trinajstić information content (AvgIpc) is 2.82. The van der Waals surface area contributed by atoms with E-state index in [0.29, 0.717) is 5.92 Å². The molecule has 0 radical (unpaired) electrons. The summed E-state index contributed by atoms with van der Waals surface area (Å²) in [4.78, 5) is 0. The van der Waals surface area contributed by atoms with Crippen molar-refractivity contribution >= 4 is 0 Å². The molecule has 3 nitrogen and oxygen atoms in total. The van der Waals surface area contributed by atoms with Crippen LogP contribution in [0.4, 0.5) is 0 Å². The third-order valence-electron chi connectivity index (χ3n) is 4.01. The topological polar surface area (TPSA) is 30.5 Å². The minimum atomic E-state index is 0.270. The van der Waals surface area contributed by atoms with Crippen molar-refractivity contribution in [1.82, 2.24) is 5.32 Å². The Kier molecular flexibility index (Phi) is 4.83. The Morgan fingerprint density at radius 1 is 1.47 bits per heavy atom. The lowest BCUT2D eigenvalue weighted by molar-refractivity contribution is 0.0610. The zero-order chi connectivity index (χ0) is 13.8. The van der Waals surface area contributed by atoms with E-state index in [4.69, 9.17) is 9.47 Å². The monoisotopic (exact) mass is 263 g/mol. The van der Waals surface area contributed by atoms with E-state index in [1.54, 1.807) is 7.11 Å². The number of hydrogen-bond acceptors (Lipinski definition) is 3. The maximum Gasteiger partial charge on any atom is 0.119 e. The fourth-order valence-corrected chi connectivity index (χ4v) is 2.89. The fraction of sp³-hybridized carbons (Fsp3) is 0.625. The molecule has 106 valence electrons. The average molecular weight is 263 g/mol. The molecule has 1 aromatic carbocycles. The molecule has 1 heterocycles. The molecule has 1 aliphatic heterocycles. The summed E-state index contributed by atoms with van der Waals surface area (Å²) in [7, 11) is 1.71. The van der Waals surface area contributed by atoms with Gasteiger partial charge in [-0.1, -0.05) is 19.9 Å². The van der Waals surface area contributed by atoms with Crippen LogP contribution < -0.4 is 10.1 Å². The second kappa shape index (κ2) is 6.40. The first-order valence-electron chi connectivity index (χ1n) is 7.17. The van der Waals surface area contributed by atoms with Crippen molar-refractivity contribution in [2.24, 2.45) is 5.92 Å². The van der Waals surface area contributed by atoms with E-state index in [1.807, 2.05) is 6.07 Å². The third kappa shape index (κ3) is 3.10. The van der Waals surface area contributed by atoms with Gasteiger partial charge >= 0.3 is 0 Å². The van der Waals surface area contributed by atoms with E-state index in [-0.39, 0.29) is 12.1 Å². The van der Waals surface area contributed by atoms with Gasteiger partial charge in [0, 0.05) is 6.61 Å². The Morgan fingerprint density at radius 3 is 2.79 bits per heavy atom. The molecule has 0 spiro atoms. The van der Waals surface area contributed by atoms with Gasteiger partial charge in [-0.2, -0.15) is 0 Å². The van der Waals surface area contributed by atoms with Crippen LogP contribution in [0.1, 0.15) is 37.4 Å². The van der Waals surface area contributed by atoms with Crippen LogP contribution in [0, 0.1) is 12.8 Å². The largest absolute Gasteiger partial charge is 0.497 e. The van der Waals surface area contributed by atoms with E-state index < -0.39 is 0 Å². The van der Waals surface area contributed by atoms with Gasteiger partial charge in [-0.25, -0.2) is 0 Å². The number of nitrogens with one attached hydrogen (secondary N) is 1. The molecule has 19 heavy (non-hydrogen) atoms. The highest BCUT2D eigenvalue weighted by molar-refractivity contribution is 5.37. The molecule has 3 unspecified atom stereocenters. The molecule has 1 saturated heterocycles. The Hall–Kier alpha value is -1.06. The van der Waals surface area contributed by atoms with Crippen molar-refractivity contribution in [2.75, 3.05) is 20.3 Å². The van der Waals surface area contributed by atoms with Gasteiger partial charge in [0.2, 0.25) is 0 Å². The van der Waals surface area contributed by atoms with Gasteiger partial charge in [0.1, 0.15) is 5.75 Å². The molecule has 3 atom stereocenters. The van der Waals surface area contributed by atoms with Crippen molar-refractivity contribution in [3.63, 3.8) is 0 Å². The first-order valence-corrected chi connectivity index (χ1v) is 7.17. The quantitative estimate of drug-likeness (QED) is 0.885. The lowest BCUT2D eigenvalue weighted by atomic mass is 9.90. The molecule has 0 aromatic heterocycles. The van der Waals surface area contributed by atoms with Crippen LogP contribution in [-0.2, 0) is 4.74 Å². The standard InChI is InChI=1S/C16H25NO2/c1-5-17-15(16-11(2)8-9-19-16)14-7-6-13(18-4)10-12(14)3/h6-7,10-11,15-17H,5,8-9H2,1-4H3. The summed E-state index contributed by atoms with van der Waals surface area (Å²) in [6.07, 6.45) is 1.42. The van der Waals surface area contributed by atoms with Gasteiger partial charge in [-0.3, -0.25) is 0 Å². The SMILES string of the molecule is CCNC(c1ccc(OC)cc1C)C1OCCC1C. The molecule has 0 bridgehead atoms. The van der Waals surface area contributed by atoms with Crippen LogP contribution in [-0.4, -0.2) is 26.4 Å². The second-order valence-electron chi connectivity index (χ2n) is 5.36. The smallest absolute Gasteiger partial charge is 0.119 e. The lowest BCUT2D eigenvalue weighted by Gasteiger charge is -2.28. The number of hydrogen-bond donors (Lipinski definition) is 1. The zero-order valence-electron chi connectivity index (χ0n) is 12.4. The Labute approximate surface area is 116 Å². The summed E-state index contributed by atoms with van der Waals surface area (Å²) < 4.78 is 11.2. The molecular weight excluding hydrogens is 238 g/mol. The number of likely N-dealkylation sites (N-methyl/N-ethyl adjacent to an activating group) is 1. The van der Waals surface area contributed by atoms with Crippen LogP contribution in [0.3, 0.4) is 0 Å². The van der Waals surface area contributed by atoms with Crippen molar-refractivity contribution < 1.29 is 9.47 Å². The van der Waals surface area contributed by atoms with Gasteiger partial charge in [0.25, 0.3) is 0 Å². The highest BCUT2D eigenvalue weighted by atomic mass is 16.5. The molecule has 1 aliphatic rings. The first kappa shape index (κ1) is 14.4. The maximum atomic E-state index is 5.95. The number of ether oxygens (including phenoxy) is 2. The normalized spacial score (nSPS) is 24.4. The minimum absolute atomic E-state index is 0.270. The molecule has 0 aliphatic carbocycles. The summed E-state index contributed by atoms with van der Waals surface area (Å²) in [5.74, 6) is 1.52. The van der Waals surface area contributed by atoms with Gasteiger partial charge in [0.05, 0.1) is 19.3 Å². The van der Waals surface area contributed by atoms with Crippen LogP contribution in [0.2, 0.25) is 0 Å². The van der Waals surface area contributed by atoms with E-state index in [9.17, 15) is 0 Å². The van der Waals surface area contributed by atoms with Gasteiger partial charge < -0.3 is 14.8 Å². The number of benzene rings is 1. The lowest BCUT2D eigenvalue weighted by Crippen LogP contribution is -2.35. The van der Waals surface area contributed by atoms with Crippen LogP contribution in [0.5, 0.6) is 5.75 Å². The van der Waals surface area contributed by atoms with E-state index in [0.717, 1.165) is 25.3 Å². The summed E-state index contributed by atoms with van der Waals surface area (Å²) >= 11 is 0. The van der Waals surface area contributed by atoms with Crippen molar-refractivity contribution in [1.29, 1.82) is 0 Å². The second-order valence-corrected chi connectivity index (χ2v) is 5.36. The molecular formula is C16H25NO2. The van der Waals surface area contributed by atoms with Gasteiger partial charge in [0.15, 0.2) is 0 Å². The minimum Gasteiger partial charge on any atom is -0.497 e. The molecule has 0 saturated carbocycles. The molecule has 1 aromatic rings. The Morgan fingerprint density at radius 2 is 2.26 bits per heavy atom.